The van der Waals surface area contributed by atoms with Crippen LogP contribution in [0.5, 0.6) is 0 Å². The molecule has 0 atom stereocenters. The highest BCUT2D eigenvalue weighted by molar-refractivity contribution is 7.91. The van der Waals surface area contributed by atoms with Gasteiger partial charge in [-0.3, -0.25) is 0 Å². The average Bonchev–Trinajstić information content (AvgIpc) is 3.08. The van der Waals surface area contributed by atoms with E-state index in [1.54, 1.807) is 11.3 Å². The third-order valence-electron chi connectivity index (χ3n) is 2.44. The Morgan fingerprint density at radius 2 is 2.30 bits per heavy atom. The molecule has 1 N–H and O–H groups in total. The second-order valence-corrected chi connectivity index (χ2v) is 7.36. The van der Waals surface area contributed by atoms with Crippen molar-refractivity contribution < 1.29 is 17.9 Å². The van der Waals surface area contributed by atoms with E-state index in [-0.39, 0.29) is 16.4 Å². The molecule has 2 aromatic rings. The highest BCUT2D eigenvalue weighted by Crippen LogP contribution is 2.20. The van der Waals surface area contributed by atoms with Crippen LogP contribution in [-0.2, 0) is 21.2 Å². The fraction of sp³-hybridized carbons (Fsp3) is 0.273. The fourth-order valence-electron chi connectivity index (χ4n) is 1.49. The Morgan fingerprint density at radius 3 is 2.95 bits per heavy atom. The zero-order chi connectivity index (χ0) is 14.6. The lowest BCUT2D eigenvalue weighted by Gasteiger charge is -2.05. The third-order valence-corrected chi connectivity index (χ3v) is 6.01. The number of hydrogen-bond acceptors (Lipinski definition) is 7. The predicted molar refractivity (Wildman–Crippen MR) is 76.7 cm³/mol. The molecule has 0 saturated heterocycles. The third kappa shape index (κ3) is 3.42. The number of thiazole rings is 1. The summed E-state index contributed by atoms with van der Waals surface area (Å²) in [4.78, 5) is 15.2. The van der Waals surface area contributed by atoms with Crippen molar-refractivity contribution in [3.05, 3.63) is 33.6 Å². The van der Waals surface area contributed by atoms with Crippen LogP contribution in [0.4, 0.5) is 0 Å². The van der Waals surface area contributed by atoms with E-state index in [1.165, 1.54) is 12.6 Å². The lowest BCUT2D eigenvalue weighted by molar-refractivity contribution is 0.0590. The van der Waals surface area contributed by atoms with E-state index in [1.807, 2.05) is 16.8 Å². The highest BCUT2D eigenvalue weighted by atomic mass is 32.2. The van der Waals surface area contributed by atoms with Crippen LogP contribution in [0.2, 0.25) is 0 Å². The number of thiophene rings is 1. The minimum atomic E-state index is -3.75. The van der Waals surface area contributed by atoms with E-state index in [4.69, 9.17) is 0 Å². The number of carbonyl (C=O) groups excluding carboxylic acids is 1. The largest absolute Gasteiger partial charge is 0.464 e. The van der Waals surface area contributed by atoms with Crippen molar-refractivity contribution in [3.8, 4) is 0 Å². The number of ether oxygens (including phenoxy) is 1. The SMILES string of the molecule is COC(=O)c1ncsc1S(=O)(=O)NCCc1ccsc1. The van der Waals surface area contributed by atoms with Gasteiger partial charge >= 0.3 is 5.97 Å². The summed E-state index contributed by atoms with van der Waals surface area (Å²) in [7, 11) is -2.56. The number of hydrogen-bond donors (Lipinski definition) is 1. The van der Waals surface area contributed by atoms with Crippen LogP contribution in [0, 0.1) is 0 Å². The van der Waals surface area contributed by atoms with E-state index in [2.05, 4.69) is 14.4 Å². The molecule has 0 saturated carbocycles. The van der Waals surface area contributed by atoms with Crippen LogP contribution in [0.1, 0.15) is 16.1 Å². The summed E-state index contributed by atoms with van der Waals surface area (Å²) in [6.45, 7) is 0.261. The van der Waals surface area contributed by atoms with Crippen molar-refractivity contribution in [2.75, 3.05) is 13.7 Å². The van der Waals surface area contributed by atoms with Gasteiger partial charge in [-0.1, -0.05) is 0 Å². The van der Waals surface area contributed by atoms with E-state index >= 15 is 0 Å². The second-order valence-electron chi connectivity index (χ2n) is 3.76. The number of esters is 1. The molecule has 0 aromatic carbocycles. The molecule has 0 amide bonds. The first-order chi connectivity index (χ1) is 9.54. The maximum Gasteiger partial charge on any atom is 0.358 e. The summed E-state index contributed by atoms with van der Waals surface area (Å²) in [5.74, 6) is -0.760. The Bertz CT molecular complexity index is 676. The quantitative estimate of drug-likeness (QED) is 0.811. The molecule has 0 radical (unpaired) electrons. The lowest BCUT2D eigenvalue weighted by atomic mass is 10.2. The number of nitrogens with zero attached hydrogens (tertiary/aromatic N) is 1. The normalized spacial score (nSPS) is 11.4. The van der Waals surface area contributed by atoms with Crippen molar-refractivity contribution in [1.82, 2.24) is 9.71 Å². The van der Waals surface area contributed by atoms with Crippen LogP contribution >= 0.6 is 22.7 Å². The maximum absolute atomic E-state index is 12.1. The first kappa shape index (κ1) is 15.1. The van der Waals surface area contributed by atoms with Crippen molar-refractivity contribution in [2.45, 2.75) is 10.6 Å². The minimum absolute atomic E-state index is 0.116. The van der Waals surface area contributed by atoms with Crippen molar-refractivity contribution in [2.24, 2.45) is 0 Å². The van der Waals surface area contributed by atoms with Gasteiger partial charge in [-0.2, -0.15) is 11.3 Å². The Labute approximate surface area is 124 Å². The van der Waals surface area contributed by atoms with Gasteiger partial charge in [0.15, 0.2) is 9.90 Å². The molecule has 0 aliphatic rings. The molecular weight excluding hydrogens is 320 g/mol. The van der Waals surface area contributed by atoms with Crippen LogP contribution in [0.3, 0.4) is 0 Å². The minimum Gasteiger partial charge on any atom is -0.464 e. The fourth-order valence-corrected chi connectivity index (χ4v) is 4.40. The van der Waals surface area contributed by atoms with E-state index in [0.717, 1.165) is 16.9 Å². The molecule has 108 valence electrons. The molecule has 0 spiro atoms. The lowest BCUT2D eigenvalue weighted by Crippen LogP contribution is -2.26. The number of methoxy groups -OCH3 is 1. The number of rotatable bonds is 6. The molecule has 0 bridgehead atoms. The molecule has 0 fully saturated rings. The molecule has 2 aromatic heterocycles. The number of sulfonamides is 1. The Morgan fingerprint density at radius 1 is 1.50 bits per heavy atom. The summed E-state index contributed by atoms with van der Waals surface area (Å²) in [6.07, 6.45) is 0.592. The second kappa shape index (κ2) is 6.44. The summed E-state index contributed by atoms with van der Waals surface area (Å²) in [5.41, 5.74) is 2.19. The van der Waals surface area contributed by atoms with Crippen LogP contribution in [0.25, 0.3) is 0 Å². The molecule has 2 rings (SSSR count). The van der Waals surface area contributed by atoms with Gasteiger partial charge in [-0.25, -0.2) is 22.9 Å². The molecular formula is C11H12N2O4S3. The number of aromatic nitrogens is 1. The van der Waals surface area contributed by atoms with Crippen molar-refractivity contribution >= 4 is 38.7 Å². The van der Waals surface area contributed by atoms with Crippen molar-refractivity contribution in [3.63, 3.8) is 0 Å². The molecule has 20 heavy (non-hydrogen) atoms. The monoisotopic (exact) mass is 332 g/mol. The van der Waals surface area contributed by atoms with Crippen LogP contribution < -0.4 is 4.72 Å². The van der Waals surface area contributed by atoms with Crippen LogP contribution in [-0.4, -0.2) is 33.0 Å². The van der Waals surface area contributed by atoms with Gasteiger partial charge < -0.3 is 4.74 Å². The molecule has 0 aliphatic carbocycles. The Balaban J connectivity index is 2.07. The summed E-state index contributed by atoms with van der Waals surface area (Å²) in [5, 5.41) is 3.89. The first-order valence-corrected chi connectivity index (χ1v) is 8.87. The standard InChI is InChI=1S/C11H12N2O4S3/c1-17-10(14)9-11(19-7-12-9)20(15,16)13-4-2-8-3-5-18-6-8/h3,5-7,13H,2,4H2,1H3. The molecule has 9 heteroatoms. The Kier molecular flexibility index (Phi) is 4.86. The topological polar surface area (TPSA) is 85.4 Å². The zero-order valence-electron chi connectivity index (χ0n) is 10.5. The van der Waals surface area contributed by atoms with E-state index < -0.39 is 16.0 Å². The summed E-state index contributed by atoms with van der Waals surface area (Å²) >= 11 is 2.45. The van der Waals surface area contributed by atoms with Gasteiger partial charge in [0.25, 0.3) is 10.0 Å². The average molecular weight is 332 g/mol. The molecule has 0 unspecified atom stereocenters. The van der Waals surface area contributed by atoms with E-state index in [0.29, 0.717) is 6.42 Å². The first-order valence-electron chi connectivity index (χ1n) is 5.57. The zero-order valence-corrected chi connectivity index (χ0v) is 13.0. The van der Waals surface area contributed by atoms with Crippen LogP contribution in [0.15, 0.2) is 26.5 Å². The predicted octanol–water partition coefficient (Wildman–Crippen LogP) is 1.51. The van der Waals surface area contributed by atoms with Gasteiger partial charge in [-0.15, -0.1) is 11.3 Å². The van der Waals surface area contributed by atoms with Gasteiger partial charge in [0, 0.05) is 6.54 Å². The summed E-state index contributed by atoms with van der Waals surface area (Å²) in [6, 6.07) is 1.94. The molecule has 6 nitrogen and oxygen atoms in total. The van der Waals surface area contributed by atoms with Gasteiger partial charge in [0.2, 0.25) is 0 Å². The maximum atomic E-state index is 12.1. The van der Waals surface area contributed by atoms with Crippen molar-refractivity contribution in [1.29, 1.82) is 0 Å². The molecule has 0 aliphatic heterocycles. The summed E-state index contributed by atoms with van der Waals surface area (Å²) < 4.78 is 31.1. The smallest absolute Gasteiger partial charge is 0.358 e. The number of nitrogens with one attached hydrogen (secondary N) is 1. The van der Waals surface area contributed by atoms with Gasteiger partial charge in [0.1, 0.15) is 0 Å². The van der Waals surface area contributed by atoms with Gasteiger partial charge in [0.05, 0.1) is 12.6 Å². The number of carbonyl (C=O) groups is 1. The Hall–Kier alpha value is -1.29. The van der Waals surface area contributed by atoms with Gasteiger partial charge in [-0.05, 0) is 28.8 Å². The highest BCUT2D eigenvalue weighted by Gasteiger charge is 2.26. The van der Waals surface area contributed by atoms with E-state index in [9.17, 15) is 13.2 Å². The molecule has 2 heterocycles.